The maximum absolute atomic E-state index is 13.1. The Kier molecular flexibility index (Phi) is 8.16. The minimum Gasteiger partial charge on any atom is -0.496 e. The molecule has 1 fully saturated rings. The highest BCUT2D eigenvalue weighted by Crippen LogP contribution is 2.27. The zero-order valence-corrected chi connectivity index (χ0v) is 19.8. The first-order valence-corrected chi connectivity index (χ1v) is 12.3. The third-order valence-corrected chi connectivity index (χ3v) is 7.60. The molecule has 172 valence electrons. The van der Waals surface area contributed by atoms with Crippen LogP contribution in [0.15, 0.2) is 41.3 Å². The van der Waals surface area contributed by atoms with E-state index in [1.165, 1.54) is 47.8 Å². The minimum atomic E-state index is -3.78. The largest absolute Gasteiger partial charge is 0.496 e. The average Bonchev–Trinajstić information content (AvgIpc) is 3.07. The Hall–Kier alpha value is -2.13. The number of benzene rings is 2. The second-order valence-electron chi connectivity index (χ2n) is 7.30. The lowest BCUT2D eigenvalue weighted by atomic mass is 10.1. The van der Waals surface area contributed by atoms with Crippen molar-refractivity contribution in [2.75, 3.05) is 26.8 Å². The Morgan fingerprint density at radius 1 is 0.969 bits per heavy atom. The summed E-state index contributed by atoms with van der Waals surface area (Å²) in [5.74, 6) is -1.26. The normalized spacial score (nSPS) is 15.1. The molecule has 0 saturated carbocycles. The molecule has 3 rings (SSSR count). The summed E-state index contributed by atoms with van der Waals surface area (Å²) in [6.07, 6.45) is 3.55. The minimum absolute atomic E-state index is 0.0285. The van der Waals surface area contributed by atoms with Crippen LogP contribution in [0.3, 0.4) is 0 Å². The molecule has 0 radical (unpaired) electrons. The molecule has 2 aromatic carbocycles. The Morgan fingerprint density at radius 3 is 2.28 bits per heavy atom. The quantitative estimate of drug-likeness (QED) is 0.408. The number of methoxy groups -OCH3 is 1. The highest BCUT2D eigenvalue weighted by Gasteiger charge is 2.27. The predicted molar refractivity (Wildman–Crippen MR) is 121 cm³/mol. The first-order valence-electron chi connectivity index (χ1n) is 10.1. The molecule has 7 nitrogen and oxygen atoms in total. The molecule has 1 aliphatic heterocycles. The van der Waals surface area contributed by atoms with Crippen molar-refractivity contribution in [3.05, 3.63) is 57.6 Å². The number of ketones is 1. The van der Waals surface area contributed by atoms with E-state index in [-0.39, 0.29) is 26.8 Å². The molecule has 0 spiro atoms. The number of hydrogen-bond acceptors (Lipinski definition) is 6. The summed E-state index contributed by atoms with van der Waals surface area (Å²) in [6.45, 7) is 0.293. The predicted octanol–water partition coefficient (Wildman–Crippen LogP) is 4.61. The number of sulfonamides is 1. The third-order valence-electron chi connectivity index (χ3n) is 5.16. The Labute approximate surface area is 197 Å². The van der Waals surface area contributed by atoms with Gasteiger partial charge in [-0.2, -0.15) is 4.31 Å². The van der Waals surface area contributed by atoms with E-state index >= 15 is 0 Å². The zero-order chi connectivity index (χ0) is 23.3. The molecule has 0 bridgehead atoms. The molecule has 2 aromatic rings. The number of Topliss-reactive ketones (excluding diaryl/α,β-unsaturated/α-hetero) is 1. The van der Waals surface area contributed by atoms with Crippen LogP contribution in [0.4, 0.5) is 0 Å². The number of hydrogen-bond donors (Lipinski definition) is 0. The van der Waals surface area contributed by atoms with Crippen molar-refractivity contribution in [3.8, 4) is 5.75 Å². The smallest absolute Gasteiger partial charge is 0.342 e. The standard InChI is InChI=1S/C22H23Cl2NO6S/c1-30-21-9-7-16(32(28,29)25-10-4-2-3-5-11-25)13-18(21)22(27)31-14-20(26)17-8-6-15(23)12-19(17)24/h6-9,12-13H,2-5,10-11,14H2,1H3. The number of rotatable bonds is 7. The Bertz CT molecular complexity index is 1110. The summed E-state index contributed by atoms with van der Waals surface area (Å²) in [5, 5.41) is 0.511. The number of carbonyl (C=O) groups excluding carboxylic acids is 2. The molecular formula is C22H23Cl2NO6S. The summed E-state index contributed by atoms with van der Waals surface area (Å²) < 4.78 is 37.9. The second kappa shape index (κ2) is 10.7. The van der Waals surface area contributed by atoms with Crippen LogP contribution in [0, 0.1) is 0 Å². The van der Waals surface area contributed by atoms with Crippen LogP contribution in [0.1, 0.15) is 46.4 Å². The van der Waals surface area contributed by atoms with Gasteiger partial charge in [0.15, 0.2) is 6.61 Å². The molecule has 0 aliphatic carbocycles. The van der Waals surface area contributed by atoms with Crippen molar-refractivity contribution in [3.63, 3.8) is 0 Å². The number of ether oxygens (including phenoxy) is 2. The molecule has 0 N–H and O–H groups in total. The molecule has 1 saturated heterocycles. The van der Waals surface area contributed by atoms with Crippen LogP contribution >= 0.6 is 23.2 Å². The molecule has 0 aromatic heterocycles. The van der Waals surface area contributed by atoms with E-state index in [0.29, 0.717) is 18.1 Å². The summed E-state index contributed by atoms with van der Waals surface area (Å²) in [6, 6.07) is 8.38. The van der Waals surface area contributed by atoms with Gasteiger partial charge in [-0.05, 0) is 49.2 Å². The van der Waals surface area contributed by atoms with Gasteiger partial charge in [0.1, 0.15) is 11.3 Å². The highest BCUT2D eigenvalue weighted by atomic mass is 35.5. The number of nitrogens with zero attached hydrogens (tertiary/aromatic N) is 1. The van der Waals surface area contributed by atoms with E-state index in [4.69, 9.17) is 32.7 Å². The van der Waals surface area contributed by atoms with E-state index in [0.717, 1.165) is 25.7 Å². The van der Waals surface area contributed by atoms with Gasteiger partial charge in [0.25, 0.3) is 0 Å². The van der Waals surface area contributed by atoms with E-state index in [1.54, 1.807) is 0 Å². The second-order valence-corrected chi connectivity index (χ2v) is 10.1. The van der Waals surface area contributed by atoms with Gasteiger partial charge in [-0.25, -0.2) is 13.2 Å². The fourth-order valence-electron chi connectivity index (χ4n) is 3.44. The van der Waals surface area contributed by atoms with Gasteiger partial charge in [0, 0.05) is 23.7 Å². The van der Waals surface area contributed by atoms with Crippen LogP contribution in [0.25, 0.3) is 0 Å². The molecule has 0 amide bonds. The Morgan fingerprint density at radius 2 is 1.66 bits per heavy atom. The van der Waals surface area contributed by atoms with Crippen LogP contribution in [-0.4, -0.2) is 51.3 Å². The van der Waals surface area contributed by atoms with Gasteiger partial charge in [0.05, 0.1) is 17.0 Å². The average molecular weight is 500 g/mol. The number of halogens is 2. The lowest BCUT2D eigenvalue weighted by molar-refractivity contribution is 0.0471. The van der Waals surface area contributed by atoms with Crippen molar-refractivity contribution in [1.29, 1.82) is 0 Å². The Balaban J connectivity index is 1.80. The maximum Gasteiger partial charge on any atom is 0.342 e. The summed E-state index contributed by atoms with van der Waals surface area (Å²) in [7, 11) is -2.42. The van der Waals surface area contributed by atoms with Crippen molar-refractivity contribution in [2.24, 2.45) is 0 Å². The molecule has 10 heteroatoms. The fourth-order valence-corrected chi connectivity index (χ4v) is 5.50. The third kappa shape index (κ3) is 5.61. The summed E-state index contributed by atoms with van der Waals surface area (Å²) in [5.41, 5.74) is 0.0757. The number of esters is 1. The van der Waals surface area contributed by atoms with Crippen LogP contribution in [0.5, 0.6) is 5.75 Å². The van der Waals surface area contributed by atoms with E-state index in [9.17, 15) is 18.0 Å². The SMILES string of the molecule is COc1ccc(S(=O)(=O)N2CCCCCC2)cc1C(=O)OCC(=O)c1ccc(Cl)cc1Cl. The molecule has 0 unspecified atom stereocenters. The molecule has 0 atom stereocenters. The lowest BCUT2D eigenvalue weighted by Gasteiger charge is -2.20. The summed E-state index contributed by atoms with van der Waals surface area (Å²) in [4.78, 5) is 25.1. The van der Waals surface area contributed by atoms with Crippen molar-refractivity contribution < 1.29 is 27.5 Å². The van der Waals surface area contributed by atoms with Crippen LogP contribution in [-0.2, 0) is 14.8 Å². The van der Waals surface area contributed by atoms with Crippen LogP contribution in [0.2, 0.25) is 10.0 Å². The van der Waals surface area contributed by atoms with E-state index in [1.807, 2.05) is 0 Å². The van der Waals surface area contributed by atoms with Crippen molar-refractivity contribution in [2.45, 2.75) is 30.6 Å². The van der Waals surface area contributed by atoms with Crippen molar-refractivity contribution >= 4 is 45.0 Å². The van der Waals surface area contributed by atoms with Gasteiger partial charge in [-0.15, -0.1) is 0 Å². The monoisotopic (exact) mass is 499 g/mol. The number of carbonyl (C=O) groups is 2. The lowest BCUT2D eigenvalue weighted by Crippen LogP contribution is -2.32. The van der Waals surface area contributed by atoms with Gasteiger partial charge in [-0.3, -0.25) is 4.79 Å². The van der Waals surface area contributed by atoms with Crippen molar-refractivity contribution in [1.82, 2.24) is 4.31 Å². The molecule has 1 heterocycles. The first-order chi connectivity index (χ1) is 15.2. The summed E-state index contributed by atoms with van der Waals surface area (Å²) >= 11 is 11.9. The van der Waals surface area contributed by atoms with Crippen LogP contribution < -0.4 is 4.74 Å². The first kappa shape index (κ1) is 24.5. The topological polar surface area (TPSA) is 90.0 Å². The highest BCUT2D eigenvalue weighted by molar-refractivity contribution is 7.89. The molecular weight excluding hydrogens is 477 g/mol. The van der Waals surface area contributed by atoms with Gasteiger partial charge >= 0.3 is 5.97 Å². The molecule has 1 aliphatic rings. The van der Waals surface area contributed by atoms with Gasteiger partial charge < -0.3 is 9.47 Å². The maximum atomic E-state index is 13.1. The molecule has 32 heavy (non-hydrogen) atoms. The van der Waals surface area contributed by atoms with Gasteiger partial charge in [-0.1, -0.05) is 36.0 Å². The van der Waals surface area contributed by atoms with E-state index in [2.05, 4.69) is 0 Å². The van der Waals surface area contributed by atoms with Gasteiger partial charge in [0.2, 0.25) is 15.8 Å². The fraction of sp³-hybridized carbons (Fsp3) is 0.364. The zero-order valence-electron chi connectivity index (χ0n) is 17.5. The van der Waals surface area contributed by atoms with E-state index < -0.39 is 28.4 Å².